The highest BCUT2D eigenvalue weighted by Crippen LogP contribution is 2.08. The van der Waals surface area contributed by atoms with Crippen molar-refractivity contribution >= 4 is 18.2 Å². The zero-order chi connectivity index (χ0) is 8.41. The summed E-state index contributed by atoms with van der Waals surface area (Å²) in [6.07, 6.45) is 0. The van der Waals surface area contributed by atoms with Gasteiger partial charge in [0.1, 0.15) is 0 Å². The van der Waals surface area contributed by atoms with Gasteiger partial charge >= 0.3 is 0 Å². The summed E-state index contributed by atoms with van der Waals surface area (Å²) in [7, 11) is -5.32. The molecule has 0 saturated heterocycles. The van der Waals surface area contributed by atoms with Crippen molar-refractivity contribution in [3.63, 3.8) is 0 Å². The van der Waals surface area contributed by atoms with E-state index < -0.39 is 18.2 Å². The van der Waals surface area contributed by atoms with E-state index in [9.17, 15) is 13.0 Å². The van der Waals surface area contributed by atoms with Crippen molar-refractivity contribution in [3.8, 4) is 0 Å². The predicted molar refractivity (Wildman–Crippen MR) is 42.7 cm³/mol. The SMILES string of the molecule is C[Si](C)(C)CCS(=O)(=O)[O-]. The van der Waals surface area contributed by atoms with Gasteiger partial charge in [-0.3, -0.25) is 0 Å². The first-order valence-corrected chi connectivity index (χ1v) is 8.43. The number of rotatable bonds is 3. The Morgan fingerprint density at radius 2 is 1.70 bits per heavy atom. The molecule has 0 aliphatic carbocycles. The molecule has 0 unspecified atom stereocenters. The summed E-state index contributed by atoms with van der Waals surface area (Å²) in [6.45, 7) is 6.12. The molecule has 0 bridgehead atoms. The second kappa shape index (κ2) is 3.02. The van der Waals surface area contributed by atoms with Crippen LogP contribution >= 0.6 is 0 Å². The third kappa shape index (κ3) is 8.13. The van der Waals surface area contributed by atoms with E-state index in [1.807, 2.05) is 19.6 Å². The van der Waals surface area contributed by atoms with E-state index in [-0.39, 0.29) is 5.75 Å². The van der Waals surface area contributed by atoms with Gasteiger partial charge < -0.3 is 4.55 Å². The van der Waals surface area contributed by atoms with Gasteiger partial charge in [-0.2, -0.15) is 0 Å². The maximum absolute atomic E-state index is 10.1. The fourth-order valence-electron chi connectivity index (χ4n) is 0.431. The molecule has 10 heavy (non-hydrogen) atoms. The Labute approximate surface area is 63.2 Å². The van der Waals surface area contributed by atoms with Crippen molar-refractivity contribution in [2.75, 3.05) is 5.75 Å². The molecule has 0 aromatic carbocycles. The summed E-state index contributed by atoms with van der Waals surface area (Å²) in [5, 5.41) is 0. The van der Waals surface area contributed by atoms with Crippen molar-refractivity contribution in [1.29, 1.82) is 0 Å². The summed E-state index contributed by atoms with van der Waals surface area (Å²) in [6, 6.07) is 0.568. The molecule has 0 spiro atoms. The van der Waals surface area contributed by atoms with Crippen LogP contribution in [0, 0.1) is 0 Å². The third-order valence-corrected chi connectivity index (χ3v) is 3.92. The molecule has 5 heteroatoms. The van der Waals surface area contributed by atoms with E-state index >= 15 is 0 Å². The first-order chi connectivity index (χ1) is 4.21. The molecule has 0 aliphatic rings. The fraction of sp³-hybridized carbons (Fsp3) is 1.00. The maximum Gasteiger partial charge on any atom is 0.0943 e. The zero-order valence-electron chi connectivity index (χ0n) is 6.55. The molecule has 0 radical (unpaired) electrons. The average Bonchev–Trinajstić information content (AvgIpc) is 1.57. The van der Waals surface area contributed by atoms with Crippen LogP contribution in [-0.4, -0.2) is 26.8 Å². The van der Waals surface area contributed by atoms with Crippen LogP contribution in [0.25, 0.3) is 0 Å². The highest BCUT2D eigenvalue weighted by molar-refractivity contribution is 7.85. The van der Waals surface area contributed by atoms with Crippen LogP contribution in [0.2, 0.25) is 25.7 Å². The smallest absolute Gasteiger partial charge is 0.0943 e. The second-order valence-electron chi connectivity index (χ2n) is 3.57. The lowest BCUT2D eigenvalue weighted by atomic mass is 11.0. The summed E-state index contributed by atoms with van der Waals surface area (Å²) in [5.41, 5.74) is 0. The second-order valence-corrected chi connectivity index (χ2v) is 10.7. The Morgan fingerprint density at radius 3 is 1.80 bits per heavy atom. The Balaban J connectivity index is 3.79. The van der Waals surface area contributed by atoms with E-state index in [1.165, 1.54) is 0 Å². The molecule has 0 saturated carbocycles. The topological polar surface area (TPSA) is 57.2 Å². The molecule has 0 aliphatic heterocycles. The van der Waals surface area contributed by atoms with Crippen molar-refractivity contribution in [2.45, 2.75) is 25.7 Å². The van der Waals surface area contributed by atoms with Gasteiger partial charge in [0, 0.05) is 13.8 Å². The molecule has 3 nitrogen and oxygen atoms in total. The highest BCUT2D eigenvalue weighted by Gasteiger charge is 2.13. The average molecular weight is 181 g/mol. The van der Waals surface area contributed by atoms with Gasteiger partial charge in [-0.05, 0) is 6.04 Å². The minimum Gasteiger partial charge on any atom is -0.748 e. The van der Waals surface area contributed by atoms with Crippen LogP contribution < -0.4 is 0 Å². The molecule has 0 atom stereocenters. The monoisotopic (exact) mass is 181 g/mol. The minimum absolute atomic E-state index is 0.192. The van der Waals surface area contributed by atoms with Crippen LogP contribution in [0.4, 0.5) is 0 Å². The van der Waals surface area contributed by atoms with Crippen molar-refractivity contribution in [3.05, 3.63) is 0 Å². The maximum atomic E-state index is 10.1. The summed E-state index contributed by atoms with van der Waals surface area (Å²) >= 11 is 0. The summed E-state index contributed by atoms with van der Waals surface area (Å²) in [5.74, 6) is -0.192. The van der Waals surface area contributed by atoms with E-state index in [0.29, 0.717) is 6.04 Å². The van der Waals surface area contributed by atoms with Gasteiger partial charge in [0.25, 0.3) is 0 Å². The lowest BCUT2D eigenvalue weighted by Crippen LogP contribution is -2.23. The molecule has 0 aromatic heterocycles. The van der Waals surface area contributed by atoms with E-state index in [1.54, 1.807) is 0 Å². The molecule has 0 N–H and O–H groups in total. The lowest BCUT2D eigenvalue weighted by Gasteiger charge is -2.16. The third-order valence-electron chi connectivity index (χ3n) is 1.10. The normalized spacial score (nSPS) is 13.6. The molecule has 0 rings (SSSR count). The van der Waals surface area contributed by atoms with Crippen LogP contribution in [0.5, 0.6) is 0 Å². The molecule has 0 fully saturated rings. The Kier molecular flexibility index (Phi) is 3.06. The van der Waals surface area contributed by atoms with E-state index in [4.69, 9.17) is 0 Å². The standard InChI is InChI=1S/C5H14O3SSi/c1-10(2,3)5-4-9(6,7)8/h4-5H2,1-3H3,(H,6,7,8)/p-1. The van der Waals surface area contributed by atoms with Crippen molar-refractivity contribution in [2.24, 2.45) is 0 Å². The molecular weight excluding hydrogens is 168 g/mol. The Hall–Kier alpha value is 0.127. The quantitative estimate of drug-likeness (QED) is 0.479. The Morgan fingerprint density at radius 1 is 1.30 bits per heavy atom. The van der Waals surface area contributed by atoms with Gasteiger partial charge in [0.05, 0.1) is 10.1 Å². The zero-order valence-corrected chi connectivity index (χ0v) is 8.36. The number of hydrogen-bond acceptors (Lipinski definition) is 3. The van der Waals surface area contributed by atoms with Gasteiger partial charge in [0.15, 0.2) is 0 Å². The molecule has 62 valence electrons. The first-order valence-electron chi connectivity index (χ1n) is 3.14. The van der Waals surface area contributed by atoms with Gasteiger partial charge in [-0.25, -0.2) is 8.42 Å². The summed E-state index contributed by atoms with van der Waals surface area (Å²) in [4.78, 5) is 0. The number of hydrogen-bond donors (Lipinski definition) is 0. The van der Waals surface area contributed by atoms with Crippen LogP contribution in [0.3, 0.4) is 0 Å². The first kappa shape index (κ1) is 10.1. The van der Waals surface area contributed by atoms with Crippen LogP contribution in [0.1, 0.15) is 0 Å². The Bertz CT molecular complexity index is 189. The van der Waals surface area contributed by atoms with E-state index in [2.05, 4.69) is 0 Å². The van der Waals surface area contributed by atoms with Crippen LogP contribution in [-0.2, 0) is 10.1 Å². The molecule has 0 aromatic rings. The van der Waals surface area contributed by atoms with Gasteiger partial charge in [-0.15, -0.1) is 0 Å². The van der Waals surface area contributed by atoms with Crippen LogP contribution in [0.15, 0.2) is 0 Å². The predicted octanol–water partition coefficient (Wildman–Crippen LogP) is 0.870. The molecular formula is C5H13O3SSi-. The molecule has 0 amide bonds. The highest BCUT2D eigenvalue weighted by atomic mass is 32.2. The molecule has 0 heterocycles. The van der Waals surface area contributed by atoms with E-state index in [0.717, 1.165) is 0 Å². The van der Waals surface area contributed by atoms with Gasteiger partial charge in [-0.1, -0.05) is 19.6 Å². The van der Waals surface area contributed by atoms with Crippen molar-refractivity contribution < 1.29 is 13.0 Å². The van der Waals surface area contributed by atoms with Crippen molar-refractivity contribution in [1.82, 2.24) is 0 Å². The summed E-state index contributed by atoms with van der Waals surface area (Å²) < 4.78 is 30.4. The van der Waals surface area contributed by atoms with Gasteiger partial charge in [0.2, 0.25) is 0 Å². The fourth-order valence-corrected chi connectivity index (χ4v) is 3.88. The largest absolute Gasteiger partial charge is 0.748 e. The minimum atomic E-state index is -3.97. The lowest BCUT2D eigenvalue weighted by molar-refractivity contribution is 0.464.